The van der Waals surface area contributed by atoms with Crippen LogP contribution in [0.3, 0.4) is 0 Å². The van der Waals surface area contributed by atoms with E-state index < -0.39 is 15.4 Å². The SMILES string of the molecule is Cc1cccc(CS(=O)(=O)CC(C)(C)N)n1. The van der Waals surface area contributed by atoms with Gasteiger partial charge in [-0.25, -0.2) is 8.42 Å². The first-order chi connectivity index (χ1) is 7.18. The molecule has 0 fully saturated rings. The third-order valence-corrected chi connectivity index (χ3v) is 3.83. The van der Waals surface area contributed by atoms with E-state index in [9.17, 15) is 8.42 Å². The van der Waals surface area contributed by atoms with Crippen molar-refractivity contribution in [1.29, 1.82) is 0 Å². The number of aromatic nitrogens is 1. The summed E-state index contributed by atoms with van der Waals surface area (Å²) in [4.78, 5) is 4.17. The van der Waals surface area contributed by atoms with Gasteiger partial charge in [-0.3, -0.25) is 4.98 Å². The molecule has 4 nitrogen and oxygen atoms in total. The minimum atomic E-state index is -3.20. The van der Waals surface area contributed by atoms with Crippen LogP contribution in [0.5, 0.6) is 0 Å². The number of pyridine rings is 1. The molecule has 1 aromatic rings. The lowest BCUT2D eigenvalue weighted by molar-refractivity contribution is 0.543. The largest absolute Gasteiger partial charge is 0.325 e. The fourth-order valence-corrected chi connectivity index (χ4v) is 3.37. The first-order valence-electron chi connectivity index (χ1n) is 5.10. The summed E-state index contributed by atoms with van der Waals surface area (Å²) < 4.78 is 23.6. The summed E-state index contributed by atoms with van der Waals surface area (Å²) in [6, 6.07) is 5.36. The van der Waals surface area contributed by atoms with Crippen LogP contribution in [0.4, 0.5) is 0 Å². The van der Waals surface area contributed by atoms with Crippen molar-refractivity contribution in [1.82, 2.24) is 4.98 Å². The molecule has 90 valence electrons. The van der Waals surface area contributed by atoms with Gasteiger partial charge < -0.3 is 5.73 Å². The number of nitrogens with zero attached hydrogens (tertiary/aromatic N) is 1. The van der Waals surface area contributed by atoms with Crippen molar-refractivity contribution in [3.05, 3.63) is 29.6 Å². The molecular formula is C11H18N2O2S. The normalized spacial score (nSPS) is 12.8. The zero-order chi connectivity index (χ0) is 12.4. The third kappa shape index (κ3) is 4.72. The third-order valence-electron chi connectivity index (χ3n) is 1.91. The van der Waals surface area contributed by atoms with Crippen LogP contribution in [-0.4, -0.2) is 24.7 Å². The van der Waals surface area contributed by atoms with Crippen LogP contribution in [-0.2, 0) is 15.6 Å². The second-order valence-corrected chi connectivity index (χ2v) is 6.86. The Kier molecular flexibility index (Phi) is 3.70. The van der Waals surface area contributed by atoms with E-state index in [1.807, 2.05) is 13.0 Å². The number of sulfone groups is 1. The molecule has 0 saturated carbocycles. The molecule has 1 rings (SSSR count). The molecule has 0 aliphatic heterocycles. The van der Waals surface area contributed by atoms with E-state index in [2.05, 4.69) is 4.98 Å². The second kappa shape index (κ2) is 4.51. The highest BCUT2D eigenvalue weighted by atomic mass is 32.2. The van der Waals surface area contributed by atoms with E-state index in [0.29, 0.717) is 5.69 Å². The first kappa shape index (κ1) is 13.1. The molecule has 0 atom stereocenters. The molecule has 0 unspecified atom stereocenters. The first-order valence-corrected chi connectivity index (χ1v) is 6.92. The van der Waals surface area contributed by atoms with Crippen LogP contribution in [0.2, 0.25) is 0 Å². The average molecular weight is 242 g/mol. The van der Waals surface area contributed by atoms with Crippen LogP contribution in [0, 0.1) is 6.92 Å². The smallest absolute Gasteiger partial charge is 0.157 e. The van der Waals surface area contributed by atoms with Gasteiger partial charge in [-0.15, -0.1) is 0 Å². The molecule has 16 heavy (non-hydrogen) atoms. The Morgan fingerprint density at radius 2 is 2.00 bits per heavy atom. The standard InChI is InChI=1S/C11H18N2O2S/c1-9-5-4-6-10(13-9)7-16(14,15)8-11(2,3)12/h4-6H,7-8,12H2,1-3H3. The van der Waals surface area contributed by atoms with Crippen molar-refractivity contribution in [2.24, 2.45) is 5.73 Å². The quantitative estimate of drug-likeness (QED) is 0.856. The second-order valence-electron chi connectivity index (χ2n) is 4.79. The molecule has 0 aliphatic carbocycles. The Morgan fingerprint density at radius 1 is 1.38 bits per heavy atom. The Morgan fingerprint density at radius 3 is 2.50 bits per heavy atom. The summed E-state index contributed by atoms with van der Waals surface area (Å²) in [7, 11) is -3.20. The molecule has 0 saturated heterocycles. The molecule has 0 spiro atoms. The Labute approximate surface area is 96.8 Å². The lowest BCUT2D eigenvalue weighted by Crippen LogP contribution is -2.40. The van der Waals surface area contributed by atoms with E-state index >= 15 is 0 Å². The van der Waals surface area contributed by atoms with Crippen molar-refractivity contribution >= 4 is 9.84 Å². The molecule has 0 bridgehead atoms. The van der Waals surface area contributed by atoms with Crippen LogP contribution in [0.1, 0.15) is 25.2 Å². The topological polar surface area (TPSA) is 73.0 Å². The predicted octanol–water partition coefficient (Wildman–Crippen LogP) is 1.04. The van der Waals surface area contributed by atoms with Crippen molar-refractivity contribution in [2.45, 2.75) is 32.1 Å². The van der Waals surface area contributed by atoms with Crippen molar-refractivity contribution in [3.63, 3.8) is 0 Å². The lowest BCUT2D eigenvalue weighted by atomic mass is 10.1. The van der Waals surface area contributed by atoms with Gasteiger partial charge in [0.1, 0.15) is 0 Å². The van der Waals surface area contributed by atoms with Gasteiger partial charge in [0, 0.05) is 11.2 Å². The Hall–Kier alpha value is -0.940. The molecular weight excluding hydrogens is 224 g/mol. The van der Waals surface area contributed by atoms with E-state index in [-0.39, 0.29) is 11.5 Å². The van der Waals surface area contributed by atoms with Gasteiger partial charge in [0.2, 0.25) is 0 Å². The minimum absolute atomic E-state index is 0.0321. The highest BCUT2D eigenvalue weighted by molar-refractivity contribution is 7.90. The van der Waals surface area contributed by atoms with E-state index in [1.165, 1.54) is 0 Å². The highest BCUT2D eigenvalue weighted by Gasteiger charge is 2.22. The molecule has 0 radical (unpaired) electrons. The molecule has 0 aliphatic rings. The van der Waals surface area contributed by atoms with E-state index in [1.54, 1.807) is 26.0 Å². The van der Waals surface area contributed by atoms with Gasteiger partial charge in [0.25, 0.3) is 0 Å². The summed E-state index contributed by atoms with van der Waals surface area (Å²) in [6.45, 7) is 5.24. The lowest BCUT2D eigenvalue weighted by Gasteiger charge is -2.17. The number of hydrogen-bond acceptors (Lipinski definition) is 4. The van der Waals surface area contributed by atoms with Gasteiger partial charge in [-0.2, -0.15) is 0 Å². The van der Waals surface area contributed by atoms with E-state index in [0.717, 1.165) is 5.69 Å². The number of nitrogens with two attached hydrogens (primary N) is 1. The Balaban J connectivity index is 2.81. The fraction of sp³-hybridized carbons (Fsp3) is 0.545. The number of rotatable bonds is 4. The summed E-state index contributed by atoms with van der Waals surface area (Å²) in [5, 5.41) is 0. The van der Waals surface area contributed by atoms with Crippen molar-refractivity contribution in [2.75, 3.05) is 5.75 Å². The van der Waals surface area contributed by atoms with Crippen LogP contribution < -0.4 is 5.73 Å². The van der Waals surface area contributed by atoms with Gasteiger partial charge in [-0.05, 0) is 32.9 Å². The molecule has 0 aromatic carbocycles. The predicted molar refractivity (Wildman–Crippen MR) is 64.7 cm³/mol. The van der Waals surface area contributed by atoms with Crippen LogP contribution in [0.15, 0.2) is 18.2 Å². The molecule has 5 heteroatoms. The monoisotopic (exact) mass is 242 g/mol. The average Bonchev–Trinajstić information content (AvgIpc) is 1.96. The summed E-state index contributed by atoms with van der Waals surface area (Å²) >= 11 is 0. The van der Waals surface area contributed by atoms with Gasteiger partial charge in [0.05, 0.1) is 17.2 Å². The summed E-state index contributed by atoms with van der Waals surface area (Å²) in [5.74, 6) is -0.0784. The van der Waals surface area contributed by atoms with Crippen molar-refractivity contribution < 1.29 is 8.42 Å². The molecule has 1 aromatic heterocycles. The van der Waals surface area contributed by atoms with Gasteiger partial charge >= 0.3 is 0 Å². The summed E-state index contributed by atoms with van der Waals surface area (Å²) in [5.41, 5.74) is 6.39. The molecule has 0 amide bonds. The minimum Gasteiger partial charge on any atom is -0.325 e. The zero-order valence-electron chi connectivity index (χ0n) is 9.90. The summed E-state index contributed by atoms with van der Waals surface area (Å²) in [6.07, 6.45) is 0. The highest BCUT2D eigenvalue weighted by Crippen LogP contribution is 2.09. The number of hydrogen-bond donors (Lipinski definition) is 1. The maximum absolute atomic E-state index is 11.8. The van der Waals surface area contributed by atoms with Gasteiger partial charge in [0.15, 0.2) is 9.84 Å². The number of aryl methyl sites for hydroxylation is 1. The maximum atomic E-state index is 11.8. The zero-order valence-corrected chi connectivity index (χ0v) is 10.7. The van der Waals surface area contributed by atoms with Crippen LogP contribution in [0.25, 0.3) is 0 Å². The van der Waals surface area contributed by atoms with Gasteiger partial charge in [-0.1, -0.05) is 6.07 Å². The fourth-order valence-electron chi connectivity index (χ4n) is 1.52. The Bertz CT molecular complexity index is 461. The molecule has 2 N–H and O–H groups in total. The molecule has 1 heterocycles. The van der Waals surface area contributed by atoms with E-state index in [4.69, 9.17) is 5.73 Å². The van der Waals surface area contributed by atoms with Crippen LogP contribution >= 0.6 is 0 Å². The maximum Gasteiger partial charge on any atom is 0.157 e. The van der Waals surface area contributed by atoms with Crippen molar-refractivity contribution in [3.8, 4) is 0 Å².